The van der Waals surface area contributed by atoms with Crippen LogP contribution >= 0.6 is 0 Å². The van der Waals surface area contributed by atoms with E-state index >= 15 is 0 Å². The molecule has 0 amide bonds. The Morgan fingerprint density at radius 2 is 2.29 bits per heavy atom. The van der Waals surface area contributed by atoms with Crippen molar-refractivity contribution in [3.8, 4) is 6.07 Å². The molecule has 0 aromatic carbocycles. The summed E-state index contributed by atoms with van der Waals surface area (Å²) in [5.41, 5.74) is -1.53. The summed E-state index contributed by atoms with van der Waals surface area (Å²) >= 11 is 0. The topological polar surface area (TPSA) is 87.9 Å². The summed E-state index contributed by atoms with van der Waals surface area (Å²) < 4.78 is 6.74. The van der Waals surface area contributed by atoms with Crippen LogP contribution < -0.4 is 11.2 Å². The van der Waals surface area contributed by atoms with E-state index in [1.807, 2.05) is 0 Å². The molecule has 1 aromatic heterocycles. The number of methoxy groups -OCH3 is 1. The quantitative estimate of drug-likeness (QED) is 0.797. The molecule has 0 saturated heterocycles. The number of nitrogens with one attached hydrogen (secondary N) is 1. The van der Waals surface area contributed by atoms with Crippen LogP contribution in [0, 0.1) is 11.3 Å². The van der Waals surface area contributed by atoms with Gasteiger partial charge in [0.25, 0.3) is 5.56 Å². The Morgan fingerprint density at radius 1 is 1.59 bits per heavy atom. The maximum atomic E-state index is 11.6. The molecule has 0 unspecified atom stereocenters. The van der Waals surface area contributed by atoms with Crippen LogP contribution in [-0.4, -0.2) is 22.3 Å². The number of hydrogen-bond donors (Lipinski definition) is 1. The van der Waals surface area contributed by atoms with E-state index in [2.05, 4.69) is 4.98 Å². The molecule has 0 bridgehead atoms. The summed E-state index contributed by atoms with van der Waals surface area (Å²) in [5, 5.41) is 8.74. The molecule has 2 rings (SSSR count). The maximum absolute atomic E-state index is 11.6. The lowest BCUT2D eigenvalue weighted by molar-refractivity contribution is -0.0843. The minimum atomic E-state index is -0.645. The van der Waals surface area contributed by atoms with Crippen LogP contribution in [0.1, 0.15) is 24.8 Å². The maximum Gasteiger partial charge on any atom is 0.328 e. The minimum absolute atomic E-state index is 0.0600. The summed E-state index contributed by atoms with van der Waals surface area (Å²) in [5.74, 6) is 0. The van der Waals surface area contributed by atoms with Crippen LogP contribution in [0.4, 0.5) is 0 Å². The molecule has 1 aliphatic rings. The number of aromatic amines is 1. The average Bonchev–Trinajstić information content (AvgIpc) is 2.26. The van der Waals surface area contributed by atoms with Gasteiger partial charge in [0, 0.05) is 13.3 Å². The standard InChI is InChI=1S/C11H13N3O3/c1-17-11(3-2-4-11)7-14-6-8(5-12)9(15)13-10(14)16/h6H,2-4,7H2,1H3,(H,13,15,16). The van der Waals surface area contributed by atoms with Crippen molar-refractivity contribution in [3.63, 3.8) is 0 Å². The van der Waals surface area contributed by atoms with Crippen LogP contribution in [0.2, 0.25) is 0 Å². The number of nitrogens with zero attached hydrogens (tertiary/aromatic N) is 2. The summed E-state index contributed by atoms with van der Waals surface area (Å²) in [6, 6.07) is 1.76. The van der Waals surface area contributed by atoms with Gasteiger partial charge in [0.2, 0.25) is 0 Å². The highest BCUT2D eigenvalue weighted by Crippen LogP contribution is 2.36. The highest BCUT2D eigenvalue weighted by Gasteiger charge is 2.37. The molecule has 0 atom stereocenters. The highest BCUT2D eigenvalue weighted by molar-refractivity contribution is 5.21. The smallest absolute Gasteiger partial charge is 0.328 e. The second-order valence-electron chi connectivity index (χ2n) is 4.28. The molecule has 1 saturated carbocycles. The van der Waals surface area contributed by atoms with Gasteiger partial charge in [0.05, 0.1) is 12.1 Å². The molecule has 1 aromatic rings. The fourth-order valence-corrected chi connectivity index (χ4v) is 2.01. The van der Waals surface area contributed by atoms with E-state index in [-0.39, 0.29) is 11.2 Å². The second kappa shape index (κ2) is 4.18. The fraction of sp³-hybridized carbons (Fsp3) is 0.545. The van der Waals surface area contributed by atoms with Crippen molar-refractivity contribution in [2.24, 2.45) is 0 Å². The lowest BCUT2D eigenvalue weighted by Crippen LogP contribution is -2.46. The SMILES string of the molecule is COC1(Cn2cc(C#N)c(=O)[nH]c2=O)CCC1. The first kappa shape index (κ1) is 11.6. The molecule has 1 heterocycles. The van der Waals surface area contributed by atoms with E-state index < -0.39 is 11.2 Å². The van der Waals surface area contributed by atoms with Gasteiger partial charge in [0.1, 0.15) is 11.6 Å². The Bertz CT molecular complexity index is 569. The van der Waals surface area contributed by atoms with Gasteiger partial charge in [-0.25, -0.2) is 4.79 Å². The van der Waals surface area contributed by atoms with Crippen molar-refractivity contribution < 1.29 is 4.74 Å². The Hall–Kier alpha value is -1.87. The van der Waals surface area contributed by atoms with Crippen LogP contribution in [-0.2, 0) is 11.3 Å². The molecule has 90 valence electrons. The number of aromatic nitrogens is 2. The number of rotatable bonds is 3. The molecule has 6 heteroatoms. The van der Waals surface area contributed by atoms with E-state index in [1.54, 1.807) is 13.2 Å². The lowest BCUT2D eigenvalue weighted by atomic mass is 9.80. The van der Waals surface area contributed by atoms with Crippen molar-refractivity contribution in [3.05, 3.63) is 32.6 Å². The predicted octanol–water partition coefficient (Wildman–Crippen LogP) is -0.0226. The van der Waals surface area contributed by atoms with E-state index in [9.17, 15) is 9.59 Å². The molecule has 0 spiro atoms. The zero-order chi connectivity index (χ0) is 12.5. The molecule has 1 fully saturated rings. The minimum Gasteiger partial charge on any atom is -0.376 e. The summed E-state index contributed by atoms with van der Waals surface area (Å²) in [6.07, 6.45) is 4.13. The molecule has 17 heavy (non-hydrogen) atoms. The van der Waals surface area contributed by atoms with Crippen LogP contribution in [0.3, 0.4) is 0 Å². The first-order chi connectivity index (χ1) is 8.10. The van der Waals surface area contributed by atoms with Crippen molar-refractivity contribution in [2.45, 2.75) is 31.4 Å². The normalized spacial score (nSPS) is 17.2. The first-order valence-corrected chi connectivity index (χ1v) is 5.39. The molecule has 0 aliphatic heterocycles. The van der Waals surface area contributed by atoms with Crippen molar-refractivity contribution in [1.29, 1.82) is 5.26 Å². The lowest BCUT2D eigenvalue weighted by Gasteiger charge is -2.40. The van der Waals surface area contributed by atoms with E-state index in [1.165, 1.54) is 10.8 Å². The van der Waals surface area contributed by atoms with Gasteiger partial charge in [-0.05, 0) is 19.3 Å². The molecular formula is C11H13N3O3. The van der Waals surface area contributed by atoms with Gasteiger partial charge in [-0.3, -0.25) is 14.3 Å². The average molecular weight is 235 g/mol. The van der Waals surface area contributed by atoms with Crippen LogP contribution in [0.25, 0.3) is 0 Å². The number of H-pyrrole nitrogens is 1. The number of ether oxygens (including phenoxy) is 1. The third-order valence-corrected chi connectivity index (χ3v) is 3.29. The van der Waals surface area contributed by atoms with Gasteiger partial charge >= 0.3 is 5.69 Å². The van der Waals surface area contributed by atoms with Crippen molar-refractivity contribution >= 4 is 0 Å². The zero-order valence-electron chi connectivity index (χ0n) is 9.52. The third-order valence-electron chi connectivity index (χ3n) is 3.29. The summed E-state index contributed by atoms with van der Waals surface area (Å²) in [6.45, 7) is 0.369. The Labute approximate surface area is 97.5 Å². The van der Waals surface area contributed by atoms with Crippen LogP contribution in [0.15, 0.2) is 15.8 Å². The van der Waals surface area contributed by atoms with Gasteiger partial charge in [-0.2, -0.15) is 5.26 Å². The largest absolute Gasteiger partial charge is 0.376 e. The monoisotopic (exact) mass is 235 g/mol. The molecule has 1 N–H and O–H groups in total. The predicted molar refractivity (Wildman–Crippen MR) is 59.6 cm³/mol. The van der Waals surface area contributed by atoms with Gasteiger partial charge in [-0.15, -0.1) is 0 Å². The Morgan fingerprint density at radius 3 is 2.76 bits per heavy atom. The second-order valence-corrected chi connectivity index (χ2v) is 4.28. The Balaban J connectivity index is 2.37. The Kier molecular flexibility index (Phi) is 2.86. The number of hydrogen-bond acceptors (Lipinski definition) is 4. The zero-order valence-corrected chi connectivity index (χ0v) is 9.52. The summed E-state index contributed by atoms with van der Waals surface area (Å²) in [7, 11) is 1.61. The first-order valence-electron chi connectivity index (χ1n) is 5.39. The van der Waals surface area contributed by atoms with Crippen molar-refractivity contribution in [2.75, 3.05) is 7.11 Å². The van der Waals surface area contributed by atoms with Crippen LogP contribution in [0.5, 0.6) is 0 Å². The van der Waals surface area contributed by atoms with E-state index in [0.29, 0.717) is 6.54 Å². The number of nitriles is 1. The van der Waals surface area contributed by atoms with E-state index in [0.717, 1.165) is 19.3 Å². The molecule has 0 radical (unpaired) electrons. The highest BCUT2D eigenvalue weighted by atomic mass is 16.5. The molecular weight excluding hydrogens is 222 g/mol. The van der Waals surface area contributed by atoms with Gasteiger partial charge < -0.3 is 4.74 Å². The van der Waals surface area contributed by atoms with Gasteiger partial charge in [0.15, 0.2) is 0 Å². The van der Waals surface area contributed by atoms with Gasteiger partial charge in [-0.1, -0.05) is 0 Å². The molecule has 1 aliphatic carbocycles. The third kappa shape index (κ3) is 2.01. The van der Waals surface area contributed by atoms with Crippen molar-refractivity contribution in [1.82, 2.24) is 9.55 Å². The fourth-order valence-electron chi connectivity index (χ4n) is 2.01. The summed E-state index contributed by atoms with van der Waals surface area (Å²) in [4.78, 5) is 24.9. The van der Waals surface area contributed by atoms with E-state index in [4.69, 9.17) is 10.00 Å². The molecule has 6 nitrogen and oxygen atoms in total.